The van der Waals surface area contributed by atoms with Gasteiger partial charge in [-0.3, -0.25) is 0 Å². The molecule has 1 aromatic rings. The van der Waals surface area contributed by atoms with Crippen LogP contribution in [-0.2, 0) is 6.42 Å². The lowest BCUT2D eigenvalue weighted by Crippen LogP contribution is -2.05. The van der Waals surface area contributed by atoms with Crippen LogP contribution in [0.25, 0.3) is 0 Å². The van der Waals surface area contributed by atoms with E-state index in [1.807, 2.05) is 11.8 Å². The molecule has 2 heteroatoms. The molecule has 1 unspecified atom stereocenters. The first-order chi connectivity index (χ1) is 6.31. The Bertz CT molecular complexity index is 309. The maximum absolute atomic E-state index is 5.21. The zero-order valence-corrected chi connectivity index (χ0v) is 8.86. The molecule has 2 rings (SSSR count). The van der Waals surface area contributed by atoms with E-state index < -0.39 is 0 Å². The normalized spacial score (nSPS) is 20.9. The number of methoxy groups -OCH3 is 1. The smallest absolute Gasteiger partial charge is 0.119 e. The number of hydrogen-bond donors (Lipinski definition) is 0. The number of ether oxygens (including phenoxy) is 1. The molecule has 1 atom stereocenters. The zero-order valence-electron chi connectivity index (χ0n) is 8.04. The van der Waals surface area contributed by atoms with Crippen molar-refractivity contribution in [2.75, 3.05) is 12.9 Å². The van der Waals surface area contributed by atoms with Crippen LogP contribution < -0.4 is 4.74 Å². The number of aryl methyl sites for hydroxylation is 1. The van der Waals surface area contributed by atoms with Gasteiger partial charge in [0.25, 0.3) is 0 Å². The van der Waals surface area contributed by atoms with Gasteiger partial charge in [0.2, 0.25) is 0 Å². The summed E-state index contributed by atoms with van der Waals surface area (Å²) in [6, 6.07) is 6.43. The summed E-state index contributed by atoms with van der Waals surface area (Å²) >= 11 is 2.03. The molecule has 0 fully saturated rings. The number of rotatable bonds is 1. The lowest BCUT2D eigenvalue weighted by atomic mass is 10.0. The predicted molar refractivity (Wildman–Crippen MR) is 57.6 cm³/mol. The number of thioether (sulfide) groups is 1. The number of benzene rings is 1. The summed E-state index contributed by atoms with van der Waals surface area (Å²) in [6.07, 6.45) is 1.18. The molecule has 1 aliphatic heterocycles. The van der Waals surface area contributed by atoms with Gasteiger partial charge in [-0.15, -0.1) is 0 Å². The van der Waals surface area contributed by atoms with Crippen molar-refractivity contribution in [3.63, 3.8) is 0 Å². The van der Waals surface area contributed by atoms with E-state index in [-0.39, 0.29) is 0 Å². The fourth-order valence-electron chi connectivity index (χ4n) is 1.76. The maximum atomic E-state index is 5.21. The largest absolute Gasteiger partial charge is 0.497 e. The minimum Gasteiger partial charge on any atom is -0.497 e. The highest BCUT2D eigenvalue weighted by Gasteiger charge is 2.16. The van der Waals surface area contributed by atoms with Gasteiger partial charge in [-0.25, -0.2) is 0 Å². The Morgan fingerprint density at radius 2 is 2.31 bits per heavy atom. The van der Waals surface area contributed by atoms with E-state index in [1.54, 1.807) is 7.11 Å². The zero-order chi connectivity index (χ0) is 9.26. The van der Waals surface area contributed by atoms with Crippen molar-refractivity contribution in [3.05, 3.63) is 29.3 Å². The summed E-state index contributed by atoms with van der Waals surface area (Å²) < 4.78 is 5.21. The van der Waals surface area contributed by atoms with Crippen LogP contribution in [0, 0.1) is 0 Å². The molecule has 0 aliphatic carbocycles. The van der Waals surface area contributed by atoms with Gasteiger partial charge in [0, 0.05) is 5.25 Å². The van der Waals surface area contributed by atoms with E-state index in [4.69, 9.17) is 4.74 Å². The quantitative estimate of drug-likeness (QED) is 0.679. The van der Waals surface area contributed by atoms with Gasteiger partial charge < -0.3 is 4.74 Å². The molecular weight excluding hydrogens is 180 g/mol. The first kappa shape index (κ1) is 8.95. The third-order valence-corrected chi connectivity index (χ3v) is 3.72. The fourth-order valence-corrected chi connectivity index (χ4v) is 2.86. The van der Waals surface area contributed by atoms with E-state index in [1.165, 1.54) is 23.3 Å². The molecule has 1 nitrogen and oxygen atoms in total. The van der Waals surface area contributed by atoms with E-state index in [0.717, 1.165) is 5.75 Å². The second kappa shape index (κ2) is 3.62. The molecule has 0 aromatic heterocycles. The summed E-state index contributed by atoms with van der Waals surface area (Å²) in [5.41, 5.74) is 2.95. The molecule has 13 heavy (non-hydrogen) atoms. The second-order valence-electron chi connectivity index (χ2n) is 3.33. The Balaban J connectivity index is 2.39. The molecule has 1 aliphatic rings. The van der Waals surface area contributed by atoms with Crippen LogP contribution in [0.4, 0.5) is 0 Å². The summed E-state index contributed by atoms with van der Waals surface area (Å²) in [6.45, 7) is 2.27. The predicted octanol–water partition coefficient (Wildman–Crippen LogP) is 3.05. The van der Waals surface area contributed by atoms with Gasteiger partial charge >= 0.3 is 0 Å². The van der Waals surface area contributed by atoms with E-state index in [2.05, 4.69) is 25.1 Å². The Hall–Kier alpha value is -0.630. The average Bonchev–Trinajstić information content (AvgIpc) is 2.18. The number of fused-ring (bicyclic) bond motifs is 1. The first-order valence-corrected chi connectivity index (χ1v) is 5.64. The highest BCUT2D eigenvalue weighted by atomic mass is 32.2. The van der Waals surface area contributed by atoms with Crippen LogP contribution in [0.2, 0.25) is 0 Å². The SMILES string of the molecule is COc1ccc2c(c1)CCSC2C. The van der Waals surface area contributed by atoms with Crippen LogP contribution in [0.15, 0.2) is 18.2 Å². The standard InChI is InChI=1S/C11H14OS/c1-8-11-4-3-10(12-2)7-9(11)5-6-13-8/h3-4,7-8H,5-6H2,1-2H3. The Morgan fingerprint density at radius 3 is 3.08 bits per heavy atom. The molecule has 0 radical (unpaired) electrons. The Kier molecular flexibility index (Phi) is 2.49. The van der Waals surface area contributed by atoms with Crippen LogP contribution in [-0.4, -0.2) is 12.9 Å². The topological polar surface area (TPSA) is 9.23 Å². The average molecular weight is 194 g/mol. The molecule has 0 amide bonds. The Morgan fingerprint density at radius 1 is 1.46 bits per heavy atom. The van der Waals surface area contributed by atoms with Crippen molar-refractivity contribution in [2.24, 2.45) is 0 Å². The van der Waals surface area contributed by atoms with Gasteiger partial charge in [0.05, 0.1) is 7.11 Å². The van der Waals surface area contributed by atoms with Gasteiger partial charge in [-0.2, -0.15) is 11.8 Å². The molecule has 0 N–H and O–H groups in total. The highest BCUT2D eigenvalue weighted by Crippen LogP contribution is 2.37. The van der Waals surface area contributed by atoms with E-state index in [0.29, 0.717) is 5.25 Å². The molecule has 0 bridgehead atoms. The van der Waals surface area contributed by atoms with Crippen molar-refractivity contribution in [3.8, 4) is 5.75 Å². The summed E-state index contributed by atoms with van der Waals surface area (Å²) in [5.74, 6) is 2.22. The minimum atomic E-state index is 0.648. The molecular formula is C11H14OS. The fraction of sp³-hybridized carbons (Fsp3) is 0.455. The van der Waals surface area contributed by atoms with Crippen molar-refractivity contribution >= 4 is 11.8 Å². The van der Waals surface area contributed by atoms with Crippen LogP contribution >= 0.6 is 11.8 Å². The lowest BCUT2D eigenvalue weighted by Gasteiger charge is -2.22. The van der Waals surface area contributed by atoms with Crippen LogP contribution in [0.5, 0.6) is 5.75 Å². The van der Waals surface area contributed by atoms with Gasteiger partial charge in [0.1, 0.15) is 5.75 Å². The van der Waals surface area contributed by atoms with Crippen molar-refractivity contribution in [1.29, 1.82) is 0 Å². The molecule has 70 valence electrons. The van der Waals surface area contributed by atoms with E-state index in [9.17, 15) is 0 Å². The third kappa shape index (κ3) is 1.68. The van der Waals surface area contributed by atoms with E-state index >= 15 is 0 Å². The van der Waals surface area contributed by atoms with Crippen molar-refractivity contribution < 1.29 is 4.74 Å². The van der Waals surface area contributed by atoms with Gasteiger partial charge in [0.15, 0.2) is 0 Å². The third-order valence-electron chi connectivity index (χ3n) is 2.53. The van der Waals surface area contributed by atoms with Crippen molar-refractivity contribution in [2.45, 2.75) is 18.6 Å². The first-order valence-electron chi connectivity index (χ1n) is 4.59. The molecule has 1 heterocycles. The summed E-state index contributed by atoms with van der Waals surface area (Å²) in [4.78, 5) is 0. The van der Waals surface area contributed by atoms with Gasteiger partial charge in [-0.05, 0) is 42.4 Å². The second-order valence-corrected chi connectivity index (χ2v) is 4.78. The molecule has 0 saturated heterocycles. The molecule has 0 saturated carbocycles. The van der Waals surface area contributed by atoms with Crippen LogP contribution in [0.3, 0.4) is 0 Å². The van der Waals surface area contributed by atoms with Crippen LogP contribution in [0.1, 0.15) is 23.3 Å². The maximum Gasteiger partial charge on any atom is 0.119 e. The molecule has 1 aromatic carbocycles. The molecule has 0 spiro atoms. The Labute approximate surface area is 83.5 Å². The van der Waals surface area contributed by atoms with Gasteiger partial charge in [-0.1, -0.05) is 6.07 Å². The van der Waals surface area contributed by atoms with Crippen molar-refractivity contribution in [1.82, 2.24) is 0 Å². The summed E-state index contributed by atoms with van der Waals surface area (Å²) in [7, 11) is 1.72. The monoisotopic (exact) mass is 194 g/mol. The minimum absolute atomic E-state index is 0.648. The highest BCUT2D eigenvalue weighted by molar-refractivity contribution is 7.99. The lowest BCUT2D eigenvalue weighted by molar-refractivity contribution is 0.414. The summed E-state index contributed by atoms with van der Waals surface area (Å²) in [5, 5.41) is 0.648. The number of hydrogen-bond acceptors (Lipinski definition) is 2.